The Balaban J connectivity index is 2.02. The van der Waals surface area contributed by atoms with Crippen molar-refractivity contribution in [3.63, 3.8) is 0 Å². The van der Waals surface area contributed by atoms with E-state index in [0.717, 1.165) is 31.2 Å². The van der Waals surface area contributed by atoms with E-state index in [1.54, 1.807) is 17.3 Å². The van der Waals surface area contributed by atoms with Crippen molar-refractivity contribution in [2.24, 2.45) is 5.92 Å². The number of ether oxygens (including phenoxy) is 1. The Labute approximate surface area is 131 Å². The van der Waals surface area contributed by atoms with E-state index < -0.39 is 0 Å². The predicted octanol–water partition coefficient (Wildman–Crippen LogP) is 2.55. The van der Waals surface area contributed by atoms with Crippen LogP contribution in [0.4, 0.5) is 0 Å². The molecule has 1 aromatic rings. The molecular formula is C17H24N2O3. The monoisotopic (exact) mass is 304 g/mol. The van der Waals surface area contributed by atoms with Crippen LogP contribution in [0, 0.1) is 5.92 Å². The summed E-state index contributed by atoms with van der Waals surface area (Å²) in [6.45, 7) is 0.900. The van der Waals surface area contributed by atoms with Gasteiger partial charge in [-0.25, -0.2) is 0 Å². The summed E-state index contributed by atoms with van der Waals surface area (Å²) in [5.41, 5.74) is 0.983. The molecule has 1 heterocycles. The molecule has 1 amide bonds. The second kappa shape index (κ2) is 8.51. The average molecular weight is 304 g/mol. The minimum atomic E-state index is -0.285. The molecule has 0 aliphatic heterocycles. The topological polar surface area (TPSA) is 59.5 Å². The molecule has 1 aliphatic rings. The van der Waals surface area contributed by atoms with Crippen molar-refractivity contribution in [2.45, 2.75) is 45.1 Å². The second-order valence-corrected chi connectivity index (χ2v) is 5.78. The maximum Gasteiger partial charge on any atom is 0.307 e. The molecule has 0 unspecified atom stereocenters. The second-order valence-electron chi connectivity index (χ2n) is 5.78. The van der Waals surface area contributed by atoms with Crippen LogP contribution < -0.4 is 0 Å². The Morgan fingerprint density at radius 1 is 1.32 bits per heavy atom. The molecule has 0 aromatic carbocycles. The van der Waals surface area contributed by atoms with Crippen LogP contribution in [-0.4, -0.2) is 35.4 Å². The van der Waals surface area contributed by atoms with Crippen LogP contribution in [0.2, 0.25) is 0 Å². The highest BCUT2D eigenvalue weighted by molar-refractivity contribution is 5.79. The van der Waals surface area contributed by atoms with Crippen molar-refractivity contribution in [2.75, 3.05) is 13.7 Å². The number of nitrogens with zero attached hydrogens (tertiary/aromatic N) is 2. The quantitative estimate of drug-likeness (QED) is 0.758. The fourth-order valence-corrected chi connectivity index (χ4v) is 2.92. The molecular weight excluding hydrogens is 280 g/mol. The van der Waals surface area contributed by atoms with E-state index in [-0.39, 0.29) is 24.2 Å². The van der Waals surface area contributed by atoms with Gasteiger partial charge in [0, 0.05) is 31.4 Å². The molecule has 1 aromatic heterocycles. The molecule has 1 saturated carbocycles. The first-order valence-corrected chi connectivity index (χ1v) is 7.95. The van der Waals surface area contributed by atoms with Gasteiger partial charge in [0.2, 0.25) is 5.91 Å². The Kier molecular flexibility index (Phi) is 6.37. The number of aromatic nitrogens is 1. The molecule has 0 atom stereocenters. The van der Waals surface area contributed by atoms with Crippen LogP contribution >= 0.6 is 0 Å². The van der Waals surface area contributed by atoms with Crippen LogP contribution in [0.15, 0.2) is 24.5 Å². The normalized spacial score (nSPS) is 15.3. The third kappa shape index (κ3) is 4.83. The van der Waals surface area contributed by atoms with Gasteiger partial charge in [-0.05, 0) is 24.5 Å². The van der Waals surface area contributed by atoms with Crippen molar-refractivity contribution < 1.29 is 14.3 Å². The van der Waals surface area contributed by atoms with Crippen LogP contribution in [0.1, 0.15) is 44.1 Å². The van der Waals surface area contributed by atoms with Crippen LogP contribution in [0.3, 0.4) is 0 Å². The summed E-state index contributed by atoms with van der Waals surface area (Å²) in [4.78, 5) is 30.0. The van der Waals surface area contributed by atoms with Gasteiger partial charge in [0.25, 0.3) is 0 Å². The first kappa shape index (κ1) is 16.5. The maximum atomic E-state index is 12.8. The molecule has 1 aliphatic carbocycles. The van der Waals surface area contributed by atoms with E-state index in [0.29, 0.717) is 13.1 Å². The number of hydrogen-bond donors (Lipinski definition) is 0. The molecule has 0 bridgehead atoms. The predicted molar refractivity (Wildman–Crippen MR) is 82.9 cm³/mol. The van der Waals surface area contributed by atoms with Gasteiger partial charge in [-0.1, -0.05) is 25.3 Å². The minimum Gasteiger partial charge on any atom is -0.469 e. The third-order valence-electron chi connectivity index (χ3n) is 4.18. The van der Waals surface area contributed by atoms with E-state index in [2.05, 4.69) is 9.72 Å². The van der Waals surface area contributed by atoms with Crippen molar-refractivity contribution in [1.82, 2.24) is 9.88 Å². The molecule has 0 spiro atoms. The Hall–Kier alpha value is -1.91. The summed E-state index contributed by atoms with van der Waals surface area (Å²) in [5.74, 6) is -0.0249. The first-order chi connectivity index (χ1) is 10.7. The van der Waals surface area contributed by atoms with Crippen LogP contribution in [-0.2, 0) is 20.9 Å². The van der Waals surface area contributed by atoms with Crippen LogP contribution in [0.25, 0.3) is 0 Å². The zero-order valence-electron chi connectivity index (χ0n) is 13.2. The number of methoxy groups -OCH3 is 1. The first-order valence-electron chi connectivity index (χ1n) is 7.95. The zero-order valence-corrected chi connectivity index (χ0v) is 13.2. The van der Waals surface area contributed by atoms with Crippen molar-refractivity contribution >= 4 is 11.9 Å². The van der Waals surface area contributed by atoms with Crippen molar-refractivity contribution in [3.8, 4) is 0 Å². The molecule has 0 N–H and O–H groups in total. The van der Waals surface area contributed by atoms with E-state index in [1.165, 1.54) is 13.5 Å². The zero-order chi connectivity index (χ0) is 15.8. The lowest BCUT2D eigenvalue weighted by molar-refractivity contribution is -0.143. The van der Waals surface area contributed by atoms with Gasteiger partial charge in [-0.2, -0.15) is 0 Å². The highest BCUT2D eigenvalue weighted by Gasteiger charge is 2.26. The number of esters is 1. The summed E-state index contributed by atoms with van der Waals surface area (Å²) in [6.07, 6.45) is 9.08. The van der Waals surface area contributed by atoms with Gasteiger partial charge < -0.3 is 9.64 Å². The fourth-order valence-electron chi connectivity index (χ4n) is 2.92. The Morgan fingerprint density at radius 2 is 2.09 bits per heavy atom. The summed E-state index contributed by atoms with van der Waals surface area (Å²) in [5, 5.41) is 0. The van der Waals surface area contributed by atoms with Gasteiger partial charge in [0.1, 0.15) is 0 Å². The number of rotatable bonds is 6. The number of carbonyl (C=O) groups excluding carboxylic acids is 2. The molecule has 2 rings (SSSR count). The van der Waals surface area contributed by atoms with Gasteiger partial charge in [-0.3, -0.25) is 14.6 Å². The minimum absolute atomic E-state index is 0.100. The molecule has 5 nitrogen and oxygen atoms in total. The highest BCUT2D eigenvalue weighted by Crippen LogP contribution is 2.26. The molecule has 5 heteroatoms. The van der Waals surface area contributed by atoms with Gasteiger partial charge in [0.15, 0.2) is 0 Å². The summed E-state index contributed by atoms with van der Waals surface area (Å²) in [6, 6.07) is 3.81. The van der Waals surface area contributed by atoms with Gasteiger partial charge in [-0.15, -0.1) is 0 Å². The van der Waals surface area contributed by atoms with Gasteiger partial charge >= 0.3 is 5.97 Å². The number of carbonyl (C=O) groups is 2. The Bertz CT molecular complexity index is 484. The summed E-state index contributed by atoms with van der Waals surface area (Å²) >= 11 is 0. The summed E-state index contributed by atoms with van der Waals surface area (Å²) < 4.78 is 4.69. The fraction of sp³-hybridized carbons (Fsp3) is 0.588. The lowest BCUT2D eigenvalue weighted by Crippen LogP contribution is -2.38. The van der Waals surface area contributed by atoms with Crippen LogP contribution in [0.5, 0.6) is 0 Å². The largest absolute Gasteiger partial charge is 0.469 e. The lowest BCUT2D eigenvalue weighted by Gasteiger charge is -2.29. The standard InChI is InChI=1S/C17H24N2O3/c1-22-16(20)9-11-19(13-14-6-5-10-18-12-14)17(21)15-7-3-2-4-8-15/h5-6,10,12,15H,2-4,7-9,11,13H2,1H3. The van der Waals surface area contributed by atoms with Gasteiger partial charge in [0.05, 0.1) is 13.5 Å². The SMILES string of the molecule is COC(=O)CCN(Cc1cccnc1)C(=O)C1CCCCC1. The van der Waals surface area contributed by atoms with E-state index in [4.69, 9.17) is 0 Å². The maximum absolute atomic E-state index is 12.8. The average Bonchev–Trinajstić information content (AvgIpc) is 2.59. The molecule has 0 saturated heterocycles. The van der Waals surface area contributed by atoms with Crippen molar-refractivity contribution in [3.05, 3.63) is 30.1 Å². The van der Waals surface area contributed by atoms with E-state index >= 15 is 0 Å². The van der Waals surface area contributed by atoms with Crippen molar-refractivity contribution in [1.29, 1.82) is 0 Å². The van der Waals surface area contributed by atoms with E-state index in [1.807, 2.05) is 12.1 Å². The number of pyridine rings is 1. The third-order valence-corrected chi connectivity index (χ3v) is 4.18. The Morgan fingerprint density at radius 3 is 2.73 bits per heavy atom. The smallest absolute Gasteiger partial charge is 0.307 e. The van der Waals surface area contributed by atoms with E-state index in [9.17, 15) is 9.59 Å². The highest BCUT2D eigenvalue weighted by atomic mass is 16.5. The molecule has 0 radical (unpaired) electrons. The summed E-state index contributed by atoms with van der Waals surface area (Å²) in [7, 11) is 1.37. The number of amides is 1. The molecule has 22 heavy (non-hydrogen) atoms. The lowest BCUT2D eigenvalue weighted by atomic mass is 9.88. The molecule has 120 valence electrons. The molecule has 1 fully saturated rings. The number of hydrogen-bond acceptors (Lipinski definition) is 4.